The molecule has 0 saturated heterocycles. The number of rotatable bonds is 4. The first kappa shape index (κ1) is 11.6. The van der Waals surface area contributed by atoms with Crippen molar-refractivity contribution in [2.75, 3.05) is 0 Å². The Morgan fingerprint density at radius 2 is 2.18 bits per heavy atom. The van der Waals surface area contributed by atoms with Crippen molar-refractivity contribution in [3.63, 3.8) is 0 Å². The molecule has 0 spiro atoms. The minimum absolute atomic E-state index is 0.0168. The Morgan fingerprint density at radius 3 is 2.71 bits per heavy atom. The summed E-state index contributed by atoms with van der Waals surface area (Å²) in [6.07, 6.45) is 4.63. The van der Waals surface area contributed by atoms with E-state index in [-0.39, 0.29) is 5.78 Å². The third kappa shape index (κ3) is 2.27. The molecule has 2 aromatic heterocycles. The lowest BCUT2D eigenvalue weighted by atomic mass is 10.2. The number of hydrogen-bond acceptors (Lipinski definition) is 3. The van der Waals surface area contributed by atoms with Crippen molar-refractivity contribution in [2.45, 2.75) is 19.8 Å². The molecular weight excluding hydrogens is 216 g/mol. The Morgan fingerprint density at radius 1 is 1.41 bits per heavy atom. The second kappa shape index (κ2) is 4.53. The maximum atomic E-state index is 12.0. The van der Waals surface area contributed by atoms with Crippen LogP contribution in [0.3, 0.4) is 0 Å². The lowest BCUT2D eigenvalue weighted by molar-refractivity contribution is 0.0978. The molecule has 0 unspecified atom stereocenters. The first-order valence-corrected chi connectivity index (χ1v) is 5.64. The van der Waals surface area contributed by atoms with Gasteiger partial charge in [-0.15, -0.1) is 0 Å². The molecule has 0 amide bonds. The number of aryl methyl sites for hydroxylation is 3. The number of nitrogens with zero attached hydrogens (tertiary/aromatic N) is 4. The van der Waals surface area contributed by atoms with Crippen molar-refractivity contribution in [3.05, 3.63) is 35.7 Å². The second-order valence-corrected chi connectivity index (χ2v) is 4.07. The molecule has 0 aliphatic heterocycles. The van der Waals surface area contributed by atoms with Crippen LogP contribution < -0.4 is 0 Å². The van der Waals surface area contributed by atoms with Crippen molar-refractivity contribution in [1.29, 1.82) is 0 Å². The summed E-state index contributed by atoms with van der Waals surface area (Å²) >= 11 is 0. The summed E-state index contributed by atoms with van der Waals surface area (Å²) in [5.41, 5.74) is 1.94. The van der Waals surface area contributed by atoms with Crippen molar-refractivity contribution >= 4 is 5.78 Å². The normalized spacial score (nSPS) is 10.8. The Kier molecular flexibility index (Phi) is 3.08. The van der Waals surface area contributed by atoms with Gasteiger partial charge in [-0.05, 0) is 12.5 Å². The van der Waals surface area contributed by atoms with Gasteiger partial charge in [0.2, 0.25) is 5.78 Å². The van der Waals surface area contributed by atoms with E-state index in [1.54, 1.807) is 21.6 Å². The SMILES string of the molecule is CCc1cc(CC(=O)c2nccn2C)n(C)n1. The van der Waals surface area contributed by atoms with Gasteiger partial charge in [-0.25, -0.2) is 4.98 Å². The number of imidazole rings is 1. The van der Waals surface area contributed by atoms with Crippen LogP contribution in [0.15, 0.2) is 18.5 Å². The van der Waals surface area contributed by atoms with Crippen LogP contribution in [0.2, 0.25) is 0 Å². The van der Waals surface area contributed by atoms with Gasteiger partial charge >= 0.3 is 0 Å². The third-order valence-electron chi connectivity index (χ3n) is 2.80. The number of carbonyl (C=O) groups excluding carboxylic acids is 1. The molecule has 17 heavy (non-hydrogen) atoms. The van der Waals surface area contributed by atoms with E-state index >= 15 is 0 Å². The van der Waals surface area contributed by atoms with Crippen LogP contribution in [0.25, 0.3) is 0 Å². The Bertz CT molecular complexity index is 538. The molecule has 0 fully saturated rings. The zero-order valence-electron chi connectivity index (χ0n) is 10.3. The highest BCUT2D eigenvalue weighted by molar-refractivity contribution is 5.94. The van der Waals surface area contributed by atoms with E-state index in [0.717, 1.165) is 17.8 Å². The monoisotopic (exact) mass is 232 g/mol. The highest BCUT2D eigenvalue weighted by atomic mass is 16.1. The topological polar surface area (TPSA) is 52.7 Å². The van der Waals surface area contributed by atoms with E-state index in [1.165, 1.54) is 0 Å². The molecule has 0 radical (unpaired) electrons. The van der Waals surface area contributed by atoms with Crippen molar-refractivity contribution in [2.24, 2.45) is 14.1 Å². The van der Waals surface area contributed by atoms with Gasteiger partial charge < -0.3 is 4.57 Å². The molecule has 0 N–H and O–H groups in total. The van der Waals surface area contributed by atoms with Crippen LogP contribution in [0.4, 0.5) is 0 Å². The van der Waals surface area contributed by atoms with Crippen LogP contribution in [0.1, 0.15) is 28.9 Å². The van der Waals surface area contributed by atoms with E-state index in [0.29, 0.717) is 12.2 Å². The minimum atomic E-state index is 0.0168. The van der Waals surface area contributed by atoms with Gasteiger partial charge in [0.1, 0.15) is 0 Å². The lowest BCUT2D eigenvalue weighted by Gasteiger charge is -2.01. The van der Waals surface area contributed by atoms with E-state index < -0.39 is 0 Å². The molecule has 0 bridgehead atoms. The van der Waals surface area contributed by atoms with E-state index in [9.17, 15) is 4.79 Å². The fourth-order valence-corrected chi connectivity index (χ4v) is 1.79. The van der Waals surface area contributed by atoms with Gasteiger partial charge in [0.25, 0.3) is 0 Å². The predicted octanol–water partition coefficient (Wildman–Crippen LogP) is 1.14. The van der Waals surface area contributed by atoms with Crippen molar-refractivity contribution in [1.82, 2.24) is 19.3 Å². The number of carbonyl (C=O) groups is 1. The molecule has 2 heterocycles. The summed E-state index contributed by atoms with van der Waals surface area (Å²) in [6, 6.07) is 1.97. The quantitative estimate of drug-likeness (QED) is 0.743. The first-order valence-electron chi connectivity index (χ1n) is 5.64. The Labute approximate surface area is 100 Å². The summed E-state index contributed by atoms with van der Waals surface area (Å²) in [5, 5.41) is 4.32. The van der Waals surface area contributed by atoms with E-state index in [4.69, 9.17) is 0 Å². The highest BCUT2D eigenvalue weighted by Gasteiger charge is 2.14. The molecule has 5 heteroatoms. The maximum absolute atomic E-state index is 12.0. The average Bonchev–Trinajstić information content (AvgIpc) is 2.86. The van der Waals surface area contributed by atoms with Gasteiger partial charge in [0, 0.05) is 32.2 Å². The van der Waals surface area contributed by atoms with Crippen molar-refractivity contribution in [3.8, 4) is 0 Å². The minimum Gasteiger partial charge on any atom is -0.332 e. The summed E-state index contributed by atoms with van der Waals surface area (Å²) in [5.74, 6) is 0.507. The lowest BCUT2D eigenvalue weighted by Crippen LogP contribution is -2.12. The highest BCUT2D eigenvalue weighted by Crippen LogP contribution is 2.08. The molecule has 0 aliphatic carbocycles. The van der Waals surface area contributed by atoms with Gasteiger partial charge in [-0.2, -0.15) is 5.10 Å². The number of ketones is 1. The smallest absolute Gasteiger partial charge is 0.204 e. The van der Waals surface area contributed by atoms with Crippen LogP contribution in [0.5, 0.6) is 0 Å². The molecule has 0 aromatic carbocycles. The van der Waals surface area contributed by atoms with Crippen LogP contribution in [-0.2, 0) is 26.9 Å². The Balaban J connectivity index is 2.18. The first-order chi connectivity index (χ1) is 8.11. The summed E-state index contributed by atoms with van der Waals surface area (Å²) in [7, 11) is 3.68. The van der Waals surface area contributed by atoms with Crippen LogP contribution in [-0.4, -0.2) is 25.1 Å². The van der Waals surface area contributed by atoms with Gasteiger partial charge in [0.05, 0.1) is 12.1 Å². The predicted molar refractivity (Wildman–Crippen MR) is 63.8 cm³/mol. The molecule has 0 saturated carbocycles. The van der Waals surface area contributed by atoms with E-state index in [2.05, 4.69) is 10.1 Å². The van der Waals surface area contributed by atoms with Gasteiger partial charge in [0.15, 0.2) is 5.82 Å². The molecular formula is C12H16N4O. The van der Waals surface area contributed by atoms with Crippen LogP contribution in [0, 0.1) is 0 Å². The standard InChI is InChI=1S/C12H16N4O/c1-4-9-7-10(16(3)14-9)8-11(17)12-13-5-6-15(12)2/h5-7H,4,8H2,1-3H3. The number of hydrogen-bond donors (Lipinski definition) is 0. The zero-order valence-corrected chi connectivity index (χ0v) is 10.3. The Hall–Kier alpha value is -1.91. The fraction of sp³-hybridized carbons (Fsp3) is 0.417. The summed E-state index contributed by atoms with van der Waals surface area (Å²) < 4.78 is 3.50. The molecule has 0 atom stereocenters. The largest absolute Gasteiger partial charge is 0.332 e. The third-order valence-corrected chi connectivity index (χ3v) is 2.80. The van der Waals surface area contributed by atoms with Gasteiger partial charge in [-0.3, -0.25) is 9.48 Å². The number of aromatic nitrogens is 4. The van der Waals surface area contributed by atoms with E-state index in [1.807, 2.05) is 27.1 Å². The zero-order chi connectivity index (χ0) is 12.4. The molecule has 0 aliphatic rings. The summed E-state index contributed by atoms with van der Waals surface area (Å²) in [6.45, 7) is 2.05. The fourth-order valence-electron chi connectivity index (χ4n) is 1.79. The molecule has 2 aromatic rings. The molecule has 5 nitrogen and oxygen atoms in total. The van der Waals surface area contributed by atoms with Crippen LogP contribution >= 0.6 is 0 Å². The van der Waals surface area contributed by atoms with Crippen molar-refractivity contribution < 1.29 is 4.79 Å². The number of Topliss-reactive ketones (excluding diaryl/α,β-unsaturated/α-hetero) is 1. The molecule has 2 rings (SSSR count). The second-order valence-electron chi connectivity index (χ2n) is 4.07. The maximum Gasteiger partial charge on any atom is 0.204 e. The average molecular weight is 232 g/mol. The van der Waals surface area contributed by atoms with Gasteiger partial charge in [-0.1, -0.05) is 6.92 Å². The molecule has 90 valence electrons. The summed E-state index contributed by atoms with van der Waals surface area (Å²) in [4.78, 5) is 16.1.